The van der Waals surface area contributed by atoms with Gasteiger partial charge in [-0.25, -0.2) is 4.39 Å². The van der Waals surface area contributed by atoms with Crippen molar-refractivity contribution in [3.63, 3.8) is 0 Å². The molecule has 2 amide bonds. The maximum absolute atomic E-state index is 13.4. The van der Waals surface area contributed by atoms with E-state index in [1.54, 1.807) is 33.3 Å². The number of carbonyl (C=O) groups excluding carboxylic acids is 2. The van der Waals surface area contributed by atoms with E-state index < -0.39 is 0 Å². The number of fused-ring (bicyclic) bond motifs is 1. The fourth-order valence-corrected chi connectivity index (χ4v) is 4.67. The van der Waals surface area contributed by atoms with Gasteiger partial charge in [-0.05, 0) is 54.5 Å². The van der Waals surface area contributed by atoms with Gasteiger partial charge in [-0.2, -0.15) is 0 Å². The van der Waals surface area contributed by atoms with E-state index >= 15 is 0 Å². The molecule has 7 heteroatoms. The largest absolute Gasteiger partial charge is 0.330 e. The first-order chi connectivity index (χ1) is 13.5. The van der Waals surface area contributed by atoms with Crippen molar-refractivity contribution in [3.8, 4) is 0 Å². The Labute approximate surface area is 173 Å². The van der Waals surface area contributed by atoms with Crippen LogP contribution >= 0.6 is 22.9 Å². The van der Waals surface area contributed by atoms with E-state index in [-0.39, 0.29) is 42.1 Å². The van der Waals surface area contributed by atoms with Crippen LogP contribution in [-0.2, 0) is 16.0 Å². The summed E-state index contributed by atoms with van der Waals surface area (Å²) in [5.74, 6) is -0.812. The molecule has 1 aliphatic heterocycles. The van der Waals surface area contributed by atoms with Crippen LogP contribution in [0, 0.1) is 5.82 Å². The second-order valence-corrected chi connectivity index (χ2v) is 8.27. The molecule has 2 heterocycles. The number of thiophene rings is 1. The van der Waals surface area contributed by atoms with Gasteiger partial charge in [-0.1, -0.05) is 19.1 Å². The molecule has 2 atom stereocenters. The smallest absolute Gasteiger partial charge is 0.243 e. The fraction of sp³-hybridized carbons (Fsp3) is 0.429. The molecule has 1 aromatic carbocycles. The molecule has 0 bridgehead atoms. The van der Waals surface area contributed by atoms with E-state index in [0.29, 0.717) is 6.54 Å². The predicted octanol–water partition coefficient (Wildman–Crippen LogP) is 4.23. The molecule has 3 rings (SSSR count). The maximum Gasteiger partial charge on any atom is 0.243 e. The van der Waals surface area contributed by atoms with Crippen molar-refractivity contribution in [3.05, 3.63) is 57.5 Å². The first kappa shape index (κ1) is 20.8. The highest BCUT2D eigenvalue weighted by Crippen LogP contribution is 2.38. The molecule has 0 saturated carbocycles. The van der Waals surface area contributed by atoms with Crippen molar-refractivity contribution in [2.75, 3.05) is 19.0 Å². The summed E-state index contributed by atoms with van der Waals surface area (Å²) in [6.45, 7) is 4.46. The molecule has 1 aliphatic rings. The summed E-state index contributed by atoms with van der Waals surface area (Å²) in [4.78, 5) is 30.1. The number of rotatable bonds is 6. The number of hydrogen-bond acceptors (Lipinski definition) is 3. The summed E-state index contributed by atoms with van der Waals surface area (Å²) in [7, 11) is 0. The Kier molecular flexibility index (Phi) is 6.73. The molecule has 1 aromatic heterocycles. The van der Waals surface area contributed by atoms with E-state index in [1.165, 1.54) is 17.0 Å². The van der Waals surface area contributed by atoms with E-state index in [2.05, 4.69) is 0 Å². The average molecular weight is 423 g/mol. The quantitative estimate of drug-likeness (QED) is 0.654. The van der Waals surface area contributed by atoms with Gasteiger partial charge in [-0.15, -0.1) is 22.9 Å². The minimum atomic E-state index is -0.307. The molecule has 0 spiro atoms. The van der Waals surface area contributed by atoms with Crippen LogP contribution < -0.4 is 0 Å². The third-order valence-electron chi connectivity index (χ3n) is 5.34. The molecule has 150 valence electrons. The van der Waals surface area contributed by atoms with Crippen LogP contribution in [0.5, 0.6) is 0 Å². The van der Waals surface area contributed by atoms with Gasteiger partial charge >= 0.3 is 0 Å². The van der Waals surface area contributed by atoms with Gasteiger partial charge in [0, 0.05) is 17.5 Å². The van der Waals surface area contributed by atoms with Gasteiger partial charge in [0.15, 0.2) is 0 Å². The lowest BCUT2D eigenvalue weighted by Gasteiger charge is -2.38. The molecule has 4 nitrogen and oxygen atoms in total. The Hall–Kier alpha value is -1.92. The number of nitrogens with zero attached hydrogens (tertiary/aromatic N) is 2. The first-order valence-corrected chi connectivity index (χ1v) is 10.8. The SMILES string of the molecule is CC[C@H](C)N(CC(=O)N1CCc2sccc2[C@@H]1c1ccc(F)cc1)C(=O)CCl. The fourth-order valence-electron chi connectivity index (χ4n) is 3.61. The van der Waals surface area contributed by atoms with E-state index in [1.807, 2.05) is 25.3 Å². The Morgan fingerprint density at radius 2 is 2.04 bits per heavy atom. The van der Waals surface area contributed by atoms with E-state index in [0.717, 1.165) is 24.0 Å². The lowest BCUT2D eigenvalue weighted by Crippen LogP contribution is -2.49. The molecule has 0 saturated heterocycles. The van der Waals surface area contributed by atoms with Crippen LogP contribution in [0.25, 0.3) is 0 Å². The van der Waals surface area contributed by atoms with Crippen LogP contribution in [0.3, 0.4) is 0 Å². The molecule has 0 radical (unpaired) electrons. The van der Waals surface area contributed by atoms with Gasteiger partial charge < -0.3 is 9.80 Å². The Balaban J connectivity index is 1.91. The number of hydrogen-bond donors (Lipinski definition) is 0. The summed E-state index contributed by atoms with van der Waals surface area (Å²) in [6.07, 6.45) is 1.52. The van der Waals surface area contributed by atoms with E-state index in [9.17, 15) is 14.0 Å². The highest BCUT2D eigenvalue weighted by atomic mass is 35.5. The van der Waals surface area contributed by atoms with Gasteiger partial charge in [0.1, 0.15) is 18.2 Å². The van der Waals surface area contributed by atoms with Crippen molar-refractivity contribution < 1.29 is 14.0 Å². The molecule has 0 fully saturated rings. The summed E-state index contributed by atoms with van der Waals surface area (Å²) in [6, 6.07) is 7.98. The molecular weight excluding hydrogens is 399 g/mol. The highest BCUT2D eigenvalue weighted by molar-refractivity contribution is 7.10. The number of benzene rings is 1. The van der Waals surface area contributed by atoms with Crippen molar-refractivity contribution in [1.82, 2.24) is 9.80 Å². The predicted molar refractivity (Wildman–Crippen MR) is 110 cm³/mol. The van der Waals surface area contributed by atoms with Gasteiger partial charge in [0.05, 0.1) is 6.04 Å². The van der Waals surface area contributed by atoms with Crippen molar-refractivity contribution in [2.24, 2.45) is 0 Å². The molecule has 0 unspecified atom stereocenters. The Morgan fingerprint density at radius 1 is 1.32 bits per heavy atom. The van der Waals surface area contributed by atoms with Crippen molar-refractivity contribution in [1.29, 1.82) is 0 Å². The Bertz CT molecular complexity index is 839. The zero-order chi connectivity index (χ0) is 20.3. The number of halogens is 2. The van der Waals surface area contributed by atoms with Crippen LogP contribution in [0.1, 0.15) is 42.3 Å². The van der Waals surface area contributed by atoms with Crippen LogP contribution in [0.2, 0.25) is 0 Å². The molecule has 0 N–H and O–H groups in total. The van der Waals surface area contributed by atoms with E-state index in [4.69, 9.17) is 11.6 Å². The summed E-state index contributed by atoms with van der Waals surface area (Å²) in [5.41, 5.74) is 1.95. The van der Waals surface area contributed by atoms with Crippen LogP contribution in [-0.4, -0.2) is 46.6 Å². The summed E-state index contributed by atoms with van der Waals surface area (Å²) >= 11 is 7.44. The zero-order valence-corrected chi connectivity index (χ0v) is 17.6. The Morgan fingerprint density at radius 3 is 2.68 bits per heavy atom. The molecule has 0 aliphatic carbocycles. The minimum absolute atomic E-state index is 0.00226. The third-order valence-corrected chi connectivity index (χ3v) is 6.56. The van der Waals surface area contributed by atoms with Crippen LogP contribution in [0.15, 0.2) is 35.7 Å². The lowest BCUT2D eigenvalue weighted by atomic mass is 9.93. The number of amides is 2. The standard InChI is InChI=1S/C21H24ClFN2O2S/c1-3-14(2)25(19(26)12-22)13-20(27)24-10-8-18-17(9-11-28-18)21(24)15-4-6-16(23)7-5-15/h4-7,9,11,14,21H,3,8,10,12-13H2,1-2H3/t14-,21-/m0/s1. The molecular formula is C21H24ClFN2O2S. The monoisotopic (exact) mass is 422 g/mol. The lowest BCUT2D eigenvalue weighted by molar-refractivity contribution is -0.142. The van der Waals surface area contributed by atoms with Crippen molar-refractivity contribution >= 4 is 34.8 Å². The summed E-state index contributed by atoms with van der Waals surface area (Å²) < 4.78 is 13.4. The normalized spacial score (nSPS) is 17.1. The average Bonchev–Trinajstić information content (AvgIpc) is 3.19. The van der Waals surface area contributed by atoms with Gasteiger partial charge in [0.25, 0.3) is 0 Å². The first-order valence-electron chi connectivity index (χ1n) is 9.42. The van der Waals surface area contributed by atoms with Gasteiger partial charge in [0.2, 0.25) is 11.8 Å². The van der Waals surface area contributed by atoms with Crippen molar-refractivity contribution in [2.45, 2.75) is 38.8 Å². The van der Waals surface area contributed by atoms with Gasteiger partial charge in [-0.3, -0.25) is 9.59 Å². The highest BCUT2D eigenvalue weighted by Gasteiger charge is 2.34. The number of alkyl halides is 1. The molecule has 28 heavy (non-hydrogen) atoms. The maximum atomic E-state index is 13.4. The zero-order valence-electron chi connectivity index (χ0n) is 16.0. The number of carbonyl (C=O) groups is 2. The second kappa shape index (κ2) is 9.05. The van der Waals surface area contributed by atoms with Crippen LogP contribution in [0.4, 0.5) is 4.39 Å². The topological polar surface area (TPSA) is 40.6 Å². The summed E-state index contributed by atoms with van der Waals surface area (Å²) in [5, 5.41) is 2.03. The molecule has 2 aromatic rings. The third kappa shape index (κ3) is 4.23. The minimum Gasteiger partial charge on any atom is -0.330 e. The second-order valence-electron chi connectivity index (χ2n) is 7.00.